The number of carbonyl (C=O) groups is 1. The molecule has 1 aromatic carbocycles. The fourth-order valence-corrected chi connectivity index (χ4v) is 1.43. The van der Waals surface area contributed by atoms with E-state index in [0.29, 0.717) is 12.2 Å². The number of alkyl halides is 1. The molecule has 15 heavy (non-hydrogen) atoms. The Balaban J connectivity index is 2.58. The molecule has 0 spiro atoms. The van der Waals surface area contributed by atoms with Crippen LogP contribution in [0.4, 0.5) is 4.39 Å². The van der Waals surface area contributed by atoms with Crippen LogP contribution in [0.3, 0.4) is 0 Å². The van der Waals surface area contributed by atoms with Crippen molar-refractivity contribution in [1.82, 2.24) is 0 Å². The largest absolute Gasteiger partial charge is 0.465 e. The summed E-state index contributed by atoms with van der Waals surface area (Å²) in [7, 11) is 0. The Morgan fingerprint density at radius 3 is 2.93 bits per heavy atom. The molecule has 0 amide bonds. The molecule has 0 heterocycles. The molecule has 0 aliphatic rings. The molecule has 0 aliphatic carbocycles. The third-order valence-electron chi connectivity index (χ3n) is 1.85. The van der Waals surface area contributed by atoms with Crippen molar-refractivity contribution in [2.45, 2.75) is 18.7 Å². The lowest BCUT2D eigenvalue weighted by molar-refractivity contribution is -0.142. The van der Waals surface area contributed by atoms with Crippen molar-refractivity contribution in [3.05, 3.63) is 35.6 Å². The predicted molar refractivity (Wildman–Crippen MR) is 56.4 cm³/mol. The summed E-state index contributed by atoms with van der Waals surface area (Å²) in [4.78, 5) is 11.2. The van der Waals surface area contributed by atoms with Crippen molar-refractivity contribution in [1.29, 1.82) is 0 Å². The predicted octanol–water partition coefficient (Wildman–Crippen LogP) is 2.54. The normalized spacial score (nSPS) is 12.2. The molecule has 0 N–H and O–H groups in total. The summed E-state index contributed by atoms with van der Waals surface area (Å²) in [5, 5.41) is -0.758. The first-order valence-electron chi connectivity index (χ1n) is 4.68. The number of rotatable bonds is 4. The Hall–Kier alpha value is -1.09. The molecule has 1 aromatic rings. The van der Waals surface area contributed by atoms with E-state index >= 15 is 0 Å². The van der Waals surface area contributed by atoms with Gasteiger partial charge in [-0.25, -0.2) is 4.39 Å². The summed E-state index contributed by atoms with van der Waals surface area (Å²) in [6, 6.07) is 6.00. The fraction of sp³-hybridized carbons (Fsp3) is 0.364. The van der Waals surface area contributed by atoms with Gasteiger partial charge in [0.15, 0.2) is 0 Å². The van der Waals surface area contributed by atoms with Gasteiger partial charge < -0.3 is 4.74 Å². The molecule has 2 nitrogen and oxygen atoms in total. The molecule has 1 rings (SSSR count). The van der Waals surface area contributed by atoms with Gasteiger partial charge in [0.2, 0.25) is 0 Å². The summed E-state index contributed by atoms with van der Waals surface area (Å²) in [6.45, 7) is 2.01. The molecule has 0 saturated heterocycles. The second-order valence-corrected chi connectivity index (χ2v) is 3.58. The first kappa shape index (κ1) is 12.0. The summed E-state index contributed by atoms with van der Waals surface area (Å²) >= 11 is 5.80. The third-order valence-corrected chi connectivity index (χ3v) is 2.18. The molecule has 0 aliphatic heterocycles. The van der Waals surface area contributed by atoms with Crippen LogP contribution in [0.15, 0.2) is 24.3 Å². The highest BCUT2D eigenvalue weighted by Crippen LogP contribution is 2.11. The van der Waals surface area contributed by atoms with Gasteiger partial charge in [-0.3, -0.25) is 4.79 Å². The fourth-order valence-electron chi connectivity index (χ4n) is 1.19. The summed E-state index contributed by atoms with van der Waals surface area (Å²) in [5.74, 6) is -0.802. The van der Waals surface area contributed by atoms with Crippen LogP contribution >= 0.6 is 11.6 Å². The van der Waals surface area contributed by atoms with Crippen LogP contribution in [-0.2, 0) is 16.0 Å². The van der Waals surface area contributed by atoms with Gasteiger partial charge in [0.05, 0.1) is 6.61 Å². The number of halogens is 2. The second-order valence-electron chi connectivity index (χ2n) is 3.05. The third kappa shape index (κ3) is 3.88. The zero-order chi connectivity index (χ0) is 11.3. The minimum atomic E-state index is -0.758. The minimum absolute atomic E-state index is 0.276. The van der Waals surface area contributed by atoms with E-state index in [-0.39, 0.29) is 12.2 Å². The molecule has 4 heteroatoms. The first-order chi connectivity index (χ1) is 7.13. The van der Waals surface area contributed by atoms with E-state index in [2.05, 4.69) is 0 Å². The van der Waals surface area contributed by atoms with Crippen LogP contribution in [0.2, 0.25) is 0 Å². The summed E-state index contributed by atoms with van der Waals surface area (Å²) in [6.07, 6.45) is 0.276. The quantitative estimate of drug-likeness (QED) is 0.587. The highest BCUT2D eigenvalue weighted by molar-refractivity contribution is 6.30. The summed E-state index contributed by atoms with van der Waals surface area (Å²) in [5.41, 5.74) is 0.683. The van der Waals surface area contributed by atoms with Crippen LogP contribution in [0.5, 0.6) is 0 Å². The monoisotopic (exact) mass is 230 g/mol. The van der Waals surface area contributed by atoms with Gasteiger partial charge in [-0.15, -0.1) is 11.6 Å². The molecule has 82 valence electrons. The van der Waals surface area contributed by atoms with E-state index in [1.165, 1.54) is 12.1 Å². The standard InChI is InChI=1S/C11H12ClFO2/c1-2-15-11(14)10(12)7-8-4-3-5-9(13)6-8/h3-6,10H,2,7H2,1H3. The molecular weight excluding hydrogens is 219 g/mol. The van der Waals surface area contributed by atoms with E-state index in [9.17, 15) is 9.18 Å². The maximum absolute atomic E-state index is 12.8. The van der Waals surface area contributed by atoms with E-state index in [0.717, 1.165) is 0 Å². The van der Waals surface area contributed by atoms with Crippen LogP contribution in [0.25, 0.3) is 0 Å². The highest BCUT2D eigenvalue weighted by Gasteiger charge is 2.16. The molecule has 0 aromatic heterocycles. The molecule has 0 saturated carbocycles. The Morgan fingerprint density at radius 2 is 2.33 bits per heavy atom. The lowest BCUT2D eigenvalue weighted by atomic mass is 10.1. The highest BCUT2D eigenvalue weighted by atomic mass is 35.5. The van der Waals surface area contributed by atoms with E-state index in [1.54, 1.807) is 19.1 Å². The average molecular weight is 231 g/mol. The van der Waals surface area contributed by atoms with Crippen LogP contribution < -0.4 is 0 Å². The van der Waals surface area contributed by atoms with Crippen LogP contribution in [0, 0.1) is 5.82 Å². The van der Waals surface area contributed by atoms with Crippen molar-refractivity contribution in [3.8, 4) is 0 Å². The number of hydrogen-bond donors (Lipinski definition) is 0. The number of ether oxygens (including phenoxy) is 1. The van der Waals surface area contributed by atoms with Gasteiger partial charge in [-0.2, -0.15) is 0 Å². The number of hydrogen-bond acceptors (Lipinski definition) is 2. The molecule has 1 atom stereocenters. The van der Waals surface area contributed by atoms with Gasteiger partial charge in [-0.05, 0) is 31.0 Å². The maximum atomic E-state index is 12.8. The van der Waals surface area contributed by atoms with Crippen molar-refractivity contribution >= 4 is 17.6 Å². The Bertz CT molecular complexity index is 341. The van der Waals surface area contributed by atoms with Crippen LogP contribution in [0.1, 0.15) is 12.5 Å². The zero-order valence-corrected chi connectivity index (χ0v) is 9.13. The van der Waals surface area contributed by atoms with Gasteiger partial charge in [-0.1, -0.05) is 12.1 Å². The lowest BCUT2D eigenvalue weighted by Gasteiger charge is -2.08. The van der Waals surface area contributed by atoms with Crippen molar-refractivity contribution in [2.75, 3.05) is 6.61 Å². The van der Waals surface area contributed by atoms with Gasteiger partial charge >= 0.3 is 5.97 Å². The molecule has 0 bridgehead atoms. The number of benzene rings is 1. The summed E-state index contributed by atoms with van der Waals surface area (Å²) < 4.78 is 17.5. The molecule has 0 fully saturated rings. The Labute approximate surface area is 93.0 Å². The number of esters is 1. The van der Waals surface area contributed by atoms with Crippen LogP contribution in [-0.4, -0.2) is 18.0 Å². The van der Waals surface area contributed by atoms with E-state index < -0.39 is 11.3 Å². The van der Waals surface area contributed by atoms with Crippen molar-refractivity contribution < 1.29 is 13.9 Å². The van der Waals surface area contributed by atoms with Gasteiger partial charge in [0, 0.05) is 0 Å². The average Bonchev–Trinajstić information content (AvgIpc) is 2.18. The molecule has 1 unspecified atom stereocenters. The SMILES string of the molecule is CCOC(=O)C(Cl)Cc1cccc(F)c1. The van der Waals surface area contributed by atoms with Crippen molar-refractivity contribution in [2.24, 2.45) is 0 Å². The first-order valence-corrected chi connectivity index (χ1v) is 5.12. The van der Waals surface area contributed by atoms with Crippen molar-refractivity contribution in [3.63, 3.8) is 0 Å². The zero-order valence-electron chi connectivity index (χ0n) is 8.37. The Morgan fingerprint density at radius 1 is 1.60 bits per heavy atom. The smallest absolute Gasteiger partial charge is 0.324 e. The lowest BCUT2D eigenvalue weighted by Crippen LogP contribution is -2.20. The topological polar surface area (TPSA) is 26.3 Å². The van der Waals surface area contributed by atoms with Gasteiger partial charge in [0.1, 0.15) is 11.2 Å². The second kappa shape index (κ2) is 5.71. The minimum Gasteiger partial charge on any atom is -0.465 e. The number of carbonyl (C=O) groups excluding carboxylic acids is 1. The molecular formula is C11H12ClFO2. The van der Waals surface area contributed by atoms with E-state index in [4.69, 9.17) is 16.3 Å². The van der Waals surface area contributed by atoms with E-state index in [1.807, 2.05) is 0 Å². The molecule has 0 radical (unpaired) electrons. The maximum Gasteiger partial charge on any atom is 0.324 e. The Kier molecular flexibility index (Phi) is 4.56. The van der Waals surface area contributed by atoms with Gasteiger partial charge in [0.25, 0.3) is 0 Å².